The summed E-state index contributed by atoms with van der Waals surface area (Å²) in [7, 11) is 1.35. The van der Waals surface area contributed by atoms with E-state index in [2.05, 4.69) is 4.98 Å². The lowest BCUT2D eigenvalue weighted by atomic mass is 10.1. The number of halogens is 3. The van der Waals surface area contributed by atoms with Crippen molar-refractivity contribution in [2.45, 2.75) is 22.9 Å². The maximum atomic E-state index is 13.0. The number of rotatable bonds is 4. The fraction of sp³-hybridized carbons (Fsp3) is 0.167. The molecule has 0 N–H and O–H groups in total. The number of non-ortho nitro benzene ring substituents is 1. The standard InChI is InChI=1S/C18H13F3N2O3S/c1-10-6-13-16(22-9-10)14(23(24)25)8-15(26-2)17(13)27-12-5-3-4-11(7-12)18(19,20)21/h3-9H,1-2H3. The number of nitro groups is 1. The zero-order chi connectivity index (χ0) is 19.8. The van der Waals surface area contributed by atoms with Crippen LogP contribution in [-0.4, -0.2) is 17.0 Å². The number of methoxy groups -OCH3 is 1. The summed E-state index contributed by atoms with van der Waals surface area (Å²) in [5, 5.41) is 11.8. The Morgan fingerprint density at radius 3 is 2.59 bits per heavy atom. The first-order valence-electron chi connectivity index (χ1n) is 7.67. The minimum atomic E-state index is -4.46. The molecular weight excluding hydrogens is 381 g/mol. The minimum absolute atomic E-state index is 0.154. The van der Waals surface area contributed by atoms with Crippen molar-refractivity contribution in [2.24, 2.45) is 0 Å². The number of benzene rings is 2. The second-order valence-electron chi connectivity index (χ2n) is 5.72. The monoisotopic (exact) mass is 394 g/mol. The first-order chi connectivity index (χ1) is 12.7. The fourth-order valence-electron chi connectivity index (χ4n) is 2.59. The van der Waals surface area contributed by atoms with E-state index < -0.39 is 16.7 Å². The van der Waals surface area contributed by atoms with Gasteiger partial charge in [0, 0.05) is 16.5 Å². The van der Waals surface area contributed by atoms with Gasteiger partial charge in [0.05, 0.1) is 28.6 Å². The Bertz CT molecular complexity index is 1040. The Morgan fingerprint density at radius 2 is 1.96 bits per heavy atom. The van der Waals surface area contributed by atoms with Gasteiger partial charge in [-0.1, -0.05) is 17.8 Å². The van der Waals surface area contributed by atoms with Gasteiger partial charge in [0.25, 0.3) is 5.69 Å². The van der Waals surface area contributed by atoms with E-state index in [1.54, 1.807) is 13.0 Å². The van der Waals surface area contributed by atoms with Gasteiger partial charge in [-0.05, 0) is 36.8 Å². The number of aromatic nitrogens is 1. The van der Waals surface area contributed by atoms with Crippen LogP contribution in [0.25, 0.3) is 10.9 Å². The number of nitrogens with zero attached hydrogens (tertiary/aromatic N) is 2. The van der Waals surface area contributed by atoms with Gasteiger partial charge in [-0.15, -0.1) is 0 Å². The number of hydrogen-bond donors (Lipinski definition) is 0. The van der Waals surface area contributed by atoms with Crippen molar-refractivity contribution in [2.75, 3.05) is 7.11 Å². The zero-order valence-electron chi connectivity index (χ0n) is 14.2. The van der Waals surface area contributed by atoms with Crippen molar-refractivity contribution < 1.29 is 22.8 Å². The molecule has 0 amide bonds. The van der Waals surface area contributed by atoms with Gasteiger partial charge in [-0.25, -0.2) is 4.98 Å². The third-order valence-corrected chi connectivity index (χ3v) is 4.92. The van der Waals surface area contributed by atoms with Gasteiger partial charge in [0.15, 0.2) is 0 Å². The van der Waals surface area contributed by atoms with E-state index in [0.717, 1.165) is 29.5 Å². The van der Waals surface area contributed by atoms with Gasteiger partial charge in [0.2, 0.25) is 0 Å². The van der Waals surface area contributed by atoms with Crippen molar-refractivity contribution >= 4 is 28.4 Å². The number of fused-ring (bicyclic) bond motifs is 1. The molecule has 27 heavy (non-hydrogen) atoms. The van der Waals surface area contributed by atoms with Crippen LogP contribution in [0, 0.1) is 17.0 Å². The molecule has 1 aromatic heterocycles. The molecule has 0 saturated carbocycles. The first kappa shape index (κ1) is 19.0. The highest BCUT2D eigenvalue weighted by atomic mass is 32.2. The minimum Gasteiger partial charge on any atom is -0.495 e. The number of aryl methyl sites for hydroxylation is 1. The summed E-state index contributed by atoms with van der Waals surface area (Å²) >= 11 is 1.04. The van der Waals surface area contributed by atoms with Gasteiger partial charge >= 0.3 is 6.18 Å². The van der Waals surface area contributed by atoms with Crippen molar-refractivity contribution in [3.8, 4) is 5.75 Å². The molecule has 0 unspecified atom stereocenters. The van der Waals surface area contributed by atoms with Crippen LogP contribution in [0.4, 0.5) is 18.9 Å². The SMILES string of the molecule is COc1cc([N+](=O)[O-])c2ncc(C)cc2c1Sc1cccc(C(F)(F)F)c1. The van der Waals surface area contributed by atoms with E-state index in [9.17, 15) is 23.3 Å². The molecule has 5 nitrogen and oxygen atoms in total. The van der Waals surface area contributed by atoms with Gasteiger partial charge in [-0.2, -0.15) is 13.2 Å². The molecule has 1 heterocycles. The lowest BCUT2D eigenvalue weighted by Gasteiger charge is -2.13. The Labute approximate surface area is 156 Å². The summed E-state index contributed by atoms with van der Waals surface area (Å²) in [6.07, 6.45) is -2.96. The molecule has 9 heteroatoms. The normalized spacial score (nSPS) is 11.6. The molecule has 3 aromatic rings. The fourth-order valence-corrected chi connectivity index (χ4v) is 3.66. The van der Waals surface area contributed by atoms with Gasteiger partial charge < -0.3 is 4.74 Å². The lowest BCUT2D eigenvalue weighted by Crippen LogP contribution is -2.04. The predicted molar refractivity (Wildman–Crippen MR) is 95.3 cm³/mol. The van der Waals surface area contributed by atoms with E-state index in [1.807, 2.05) is 0 Å². The third-order valence-electron chi connectivity index (χ3n) is 3.80. The molecule has 0 aliphatic carbocycles. The highest BCUT2D eigenvalue weighted by Crippen LogP contribution is 2.44. The van der Waals surface area contributed by atoms with Crippen molar-refractivity contribution in [3.63, 3.8) is 0 Å². The molecule has 3 rings (SSSR count). The summed E-state index contributed by atoms with van der Waals surface area (Å²) < 4.78 is 44.2. The molecule has 0 atom stereocenters. The maximum absolute atomic E-state index is 13.0. The number of ether oxygens (including phenoxy) is 1. The number of hydrogen-bond acceptors (Lipinski definition) is 5. The molecule has 0 spiro atoms. The molecule has 0 aliphatic heterocycles. The van der Waals surface area contributed by atoms with E-state index >= 15 is 0 Å². The largest absolute Gasteiger partial charge is 0.495 e. The summed E-state index contributed by atoms with van der Waals surface area (Å²) in [6.45, 7) is 1.77. The lowest BCUT2D eigenvalue weighted by molar-refractivity contribution is -0.383. The Kier molecular flexibility index (Phi) is 4.97. The quantitative estimate of drug-likeness (QED) is 0.424. The van der Waals surface area contributed by atoms with E-state index in [0.29, 0.717) is 15.2 Å². The second kappa shape index (κ2) is 7.07. The molecule has 0 fully saturated rings. The summed E-state index contributed by atoms with van der Waals surface area (Å²) in [5.41, 5.74) is -0.0842. The van der Waals surface area contributed by atoms with Crippen LogP contribution in [0.5, 0.6) is 5.75 Å². The molecule has 0 bridgehead atoms. The molecular formula is C18H13F3N2O3S. The van der Waals surface area contributed by atoms with E-state index in [1.165, 1.54) is 31.5 Å². The van der Waals surface area contributed by atoms with Crippen LogP contribution in [0.2, 0.25) is 0 Å². The van der Waals surface area contributed by atoms with Crippen molar-refractivity contribution in [3.05, 3.63) is 63.8 Å². The highest BCUT2D eigenvalue weighted by Gasteiger charge is 2.30. The number of pyridine rings is 1. The van der Waals surface area contributed by atoms with Gasteiger partial charge in [-0.3, -0.25) is 10.1 Å². The van der Waals surface area contributed by atoms with Crippen molar-refractivity contribution in [1.82, 2.24) is 4.98 Å². The average Bonchev–Trinajstić information content (AvgIpc) is 2.61. The molecule has 0 radical (unpaired) electrons. The highest BCUT2D eigenvalue weighted by molar-refractivity contribution is 7.99. The summed E-state index contributed by atoms with van der Waals surface area (Å²) in [6, 6.07) is 7.81. The molecule has 2 aromatic carbocycles. The third kappa shape index (κ3) is 3.82. The van der Waals surface area contributed by atoms with Crippen LogP contribution >= 0.6 is 11.8 Å². The topological polar surface area (TPSA) is 65.3 Å². The zero-order valence-corrected chi connectivity index (χ0v) is 15.0. The van der Waals surface area contributed by atoms with Crippen LogP contribution in [0.3, 0.4) is 0 Å². The van der Waals surface area contributed by atoms with Crippen LogP contribution < -0.4 is 4.74 Å². The van der Waals surface area contributed by atoms with Gasteiger partial charge in [0.1, 0.15) is 11.3 Å². The Morgan fingerprint density at radius 1 is 1.22 bits per heavy atom. The predicted octanol–water partition coefficient (Wildman–Crippen LogP) is 5.63. The molecule has 140 valence electrons. The Balaban J connectivity index is 2.21. The van der Waals surface area contributed by atoms with Crippen LogP contribution in [0.15, 0.2) is 52.4 Å². The summed E-state index contributed by atoms with van der Waals surface area (Å²) in [4.78, 5) is 15.8. The van der Waals surface area contributed by atoms with Crippen LogP contribution in [0.1, 0.15) is 11.1 Å². The second-order valence-corrected chi connectivity index (χ2v) is 6.80. The average molecular weight is 394 g/mol. The first-order valence-corrected chi connectivity index (χ1v) is 8.49. The Hall–Kier alpha value is -2.81. The van der Waals surface area contributed by atoms with E-state index in [4.69, 9.17) is 4.74 Å². The van der Waals surface area contributed by atoms with Crippen molar-refractivity contribution in [1.29, 1.82) is 0 Å². The summed E-state index contributed by atoms with van der Waals surface area (Å²) in [5.74, 6) is 0.198. The van der Waals surface area contributed by atoms with Crippen LogP contribution in [-0.2, 0) is 6.18 Å². The number of nitro benzene ring substituents is 1. The number of alkyl halides is 3. The molecule has 0 aliphatic rings. The molecule has 0 saturated heterocycles. The smallest absolute Gasteiger partial charge is 0.416 e. The maximum Gasteiger partial charge on any atom is 0.416 e. The van der Waals surface area contributed by atoms with E-state index in [-0.39, 0.29) is 17.0 Å².